The molecule has 0 spiro atoms. The van der Waals surface area contributed by atoms with Gasteiger partial charge in [0.2, 0.25) is 0 Å². The second kappa shape index (κ2) is 7.73. The molecule has 0 aliphatic rings. The van der Waals surface area contributed by atoms with Crippen LogP contribution in [0.1, 0.15) is 19.4 Å². The van der Waals surface area contributed by atoms with Gasteiger partial charge < -0.3 is 9.64 Å². The highest BCUT2D eigenvalue weighted by Crippen LogP contribution is 2.26. The molecule has 0 heterocycles. The van der Waals surface area contributed by atoms with Crippen LogP contribution in [0.2, 0.25) is 5.02 Å². The highest BCUT2D eigenvalue weighted by molar-refractivity contribution is 6.30. The highest BCUT2D eigenvalue weighted by Gasteiger charge is 2.31. The first-order valence-electron chi connectivity index (χ1n) is 5.92. The summed E-state index contributed by atoms with van der Waals surface area (Å²) in [5, 5.41) is 0.663. The molecule has 0 saturated carbocycles. The van der Waals surface area contributed by atoms with E-state index >= 15 is 0 Å². The number of hydrogen-bond acceptors (Lipinski definition) is 3. The van der Waals surface area contributed by atoms with Gasteiger partial charge in [-0.1, -0.05) is 23.7 Å². The van der Waals surface area contributed by atoms with Crippen molar-refractivity contribution in [3.05, 3.63) is 34.9 Å². The Morgan fingerprint density at radius 1 is 1.26 bits per heavy atom. The van der Waals surface area contributed by atoms with E-state index in [0.29, 0.717) is 11.6 Å². The molecule has 3 nitrogen and oxygen atoms in total. The van der Waals surface area contributed by atoms with Crippen LogP contribution in [0.4, 0.5) is 0 Å². The maximum atomic E-state index is 12.1. The van der Waals surface area contributed by atoms with Gasteiger partial charge in [-0.15, -0.1) is 12.4 Å². The van der Waals surface area contributed by atoms with E-state index in [9.17, 15) is 4.79 Å². The minimum absolute atomic E-state index is 0. The molecule has 0 unspecified atom stereocenters. The molecule has 0 atom stereocenters. The number of hydrogen-bond donors (Lipinski definition) is 0. The summed E-state index contributed by atoms with van der Waals surface area (Å²) >= 11 is 5.84. The Kier molecular flexibility index (Phi) is 7.42. The van der Waals surface area contributed by atoms with Gasteiger partial charge in [-0.05, 0) is 45.6 Å². The monoisotopic (exact) mass is 305 g/mol. The number of halogens is 2. The fourth-order valence-corrected chi connectivity index (χ4v) is 1.61. The van der Waals surface area contributed by atoms with Crippen molar-refractivity contribution in [2.45, 2.75) is 19.3 Å². The second-order valence-electron chi connectivity index (χ2n) is 5.07. The number of carbonyl (C=O) groups is 1. The van der Waals surface area contributed by atoms with Crippen LogP contribution in [0.5, 0.6) is 0 Å². The lowest BCUT2D eigenvalue weighted by Gasteiger charge is -2.23. The van der Waals surface area contributed by atoms with E-state index in [1.807, 2.05) is 45.0 Å². The van der Waals surface area contributed by atoms with E-state index in [2.05, 4.69) is 0 Å². The zero-order valence-corrected chi connectivity index (χ0v) is 13.3. The van der Waals surface area contributed by atoms with Crippen molar-refractivity contribution in [1.29, 1.82) is 0 Å². The molecule has 108 valence electrons. The predicted octanol–water partition coefficient (Wildman–Crippen LogP) is 3.14. The molecule has 0 fully saturated rings. The largest absolute Gasteiger partial charge is 0.464 e. The normalized spacial score (nSPS) is 11.1. The second-order valence-corrected chi connectivity index (χ2v) is 5.51. The molecule has 0 radical (unpaired) electrons. The predicted molar refractivity (Wildman–Crippen MR) is 81.2 cm³/mol. The number of ether oxygens (including phenoxy) is 1. The molecule has 5 heteroatoms. The molecule has 1 rings (SSSR count). The molecular weight excluding hydrogens is 285 g/mol. The topological polar surface area (TPSA) is 29.5 Å². The molecule has 1 aromatic rings. The molecule has 0 aliphatic carbocycles. The maximum absolute atomic E-state index is 12.1. The fraction of sp³-hybridized carbons (Fsp3) is 0.500. The van der Waals surface area contributed by atoms with Gasteiger partial charge in [0.25, 0.3) is 0 Å². The van der Waals surface area contributed by atoms with Crippen molar-refractivity contribution < 1.29 is 9.53 Å². The molecule has 0 saturated heterocycles. The quantitative estimate of drug-likeness (QED) is 0.783. The minimum Gasteiger partial charge on any atom is -0.464 e. The van der Waals surface area contributed by atoms with Gasteiger partial charge >= 0.3 is 5.97 Å². The molecule has 0 aromatic heterocycles. The Bertz CT molecular complexity index is 402. The van der Waals surface area contributed by atoms with Crippen molar-refractivity contribution >= 4 is 30.0 Å². The third-order valence-corrected chi connectivity index (χ3v) is 3.10. The summed E-state index contributed by atoms with van der Waals surface area (Å²) in [6.07, 6.45) is 0. The lowest BCUT2D eigenvalue weighted by Crippen LogP contribution is -2.33. The van der Waals surface area contributed by atoms with Gasteiger partial charge in [0.15, 0.2) is 0 Å². The fourth-order valence-electron chi connectivity index (χ4n) is 1.49. The first-order valence-corrected chi connectivity index (χ1v) is 6.30. The van der Waals surface area contributed by atoms with E-state index in [4.69, 9.17) is 16.3 Å². The average Bonchev–Trinajstić information content (AvgIpc) is 2.28. The van der Waals surface area contributed by atoms with Crippen molar-refractivity contribution in [2.24, 2.45) is 0 Å². The average molecular weight is 306 g/mol. The van der Waals surface area contributed by atoms with Gasteiger partial charge in [0, 0.05) is 11.6 Å². The van der Waals surface area contributed by atoms with Crippen LogP contribution in [-0.4, -0.2) is 38.1 Å². The molecule has 0 amide bonds. The van der Waals surface area contributed by atoms with Gasteiger partial charge in [-0.2, -0.15) is 0 Å². The number of esters is 1. The Morgan fingerprint density at radius 2 is 1.79 bits per heavy atom. The molecular formula is C14H21Cl2NO2. The Morgan fingerprint density at radius 3 is 2.26 bits per heavy atom. The molecule has 1 aromatic carbocycles. The van der Waals surface area contributed by atoms with Crippen LogP contribution in [0.25, 0.3) is 0 Å². The van der Waals surface area contributed by atoms with Gasteiger partial charge in [0.1, 0.15) is 6.61 Å². The molecule has 0 bridgehead atoms. The van der Waals surface area contributed by atoms with Crippen LogP contribution < -0.4 is 0 Å². The van der Waals surface area contributed by atoms with Crippen molar-refractivity contribution in [1.82, 2.24) is 4.90 Å². The van der Waals surface area contributed by atoms with Crippen molar-refractivity contribution in [3.8, 4) is 0 Å². The maximum Gasteiger partial charge on any atom is 0.316 e. The third kappa shape index (κ3) is 5.39. The Labute approximate surface area is 126 Å². The SMILES string of the molecule is CN(C)CCOC(=O)C(C)(C)c1ccc(Cl)cc1.Cl. The minimum atomic E-state index is -0.656. The van der Waals surface area contributed by atoms with Crippen LogP contribution in [0.3, 0.4) is 0 Å². The number of rotatable bonds is 5. The summed E-state index contributed by atoms with van der Waals surface area (Å²) in [4.78, 5) is 14.0. The van der Waals surface area contributed by atoms with E-state index < -0.39 is 5.41 Å². The third-order valence-electron chi connectivity index (χ3n) is 2.85. The molecule has 0 N–H and O–H groups in total. The van der Waals surface area contributed by atoms with Crippen LogP contribution in [0.15, 0.2) is 24.3 Å². The van der Waals surface area contributed by atoms with E-state index in [1.165, 1.54) is 0 Å². The first kappa shape index (κ1) is 18.2. The van der Waals surface area contributed by atoms with Crippen LogP contribution in [0, 0.1) is 0 Å². The molecule has 19 heavy (non-hydrogen) atoms. The van der Waals surface area contributed by atoms with E-state index in [1.54, 1.807) is 12.1 Å². The zero-order chi connectivity index (χ0) is 13.8. The summed E-state index contributed by atoms with van der Waals surface area (Å²) in [7, 11) is 3.89. The van der Waals surface area contributed by atoms with E-state index in [-0.39, 0.29) is 18.4 Å². The number of benzene rings is 1. The number of likely N-dealkylation sites (N-methyl/N-ethyl adjacent to an activating group) is 1. The Hall–Kier alpha value is -0.770. The summed E-state index contributed by atoms with van der Waals surface area (Å²) in [6, 6.07) is 7.28. The van der Waals surface area contributed by atoms with Gasteiger partial charge in [0.05, 0.1) is 5.41 Å². The summed E-state index contributed by atoms with van der Waals surface area (Å²) in [6.45, 7) is 4.84. The number of carbonyl (C=O) groups excluding carboxylic acids is 1. The van der Waals surface area contributed by atoms with Crippen LogP contribution in [-0.2, 0) is 14.9 Å². The van der Waals surface area contributed by atoms with Gasteiger partial charge in [-0.3, -0.25) is 4.79 Å². The molecule has 0 aliphatic heterocycles. The van der Waals surface area contributed by atoms with Gasteiger partial charge in [-0.25, -0.2) is 0 Å². The summed E-state index contributed by atoms with van der Waals surface area (Å²) in [5.41, 5.74) is 0.249. The first-order chi connectivity index (χ1) is 8.34. The standard InChI is InChI=1S/C14H20ClNO2.ClH/c1-14(2,11-5-7-12(15)8-6-11)13(17)18-10-9-16(3)4;/h5-8H,9-10H2,1-4H3;1H. The lowest BCUT2D eigenvalue weighted by atomic mass is 9.85. The highest BCUT2D eigenvalue weighted by atomic mass is 35.5. The van der Waals surface area contributed by atoms with E-state index in [0.717, 1.165) is 12.1 Å². The van der Waals surface area contributed by atoms with Crippen molar-refractivity contribution in [2.75, 3.05) is 27.2 Å². The van der Waals surface area contributed by atoms with Crippen LogP contribution >= 0.6 is 24.0 Å². The summed E-state index contributed by atoms with van der Waals surface area (Å²) in [5.74, 6) is -0.216. The lowest BCUT2D eigenvalue weighted by molar-refractivity contribution is -0.149. The zero-order valence-electron chi connectivity index (χ0n) is 11.8. The Balaban J connectivity index is 0.00000324. The summed E-state index contributed by atoms with van der Waals surface area (Å²) < 4.78 is 5.29. The number of nitrogens with zero attached hydrogens (tertiary/aromatic N) is 1. The van der Waals surface area contributed by atoms with Crippen molar-refractivity contribution in [3.63, 3.8) is 0 Å². The smallest absolute Gasteiger partial charge is 0.316 e.